The van der Waals surface area contributed by atoms with Crippen LogP contribution in [0.15, 0.2) is 18.2 Å². The second-order valence-corrected chi connectivity index (χ2v) is 3.87. The van der Waals surface area contributed by atoms with Gasteiger partial charge in [0.2, 0.25) is 0 Å². The molecule has 1 atom stereocenters. The van der Waals surface area contributed by atoms with E-state index in [0.29, 0.717) is 12.3 Å². The third-order valence-electron chi connectivity index (χ3n) is 2.10. The fourth-order valence-corrected chi connectivity index (χ4v) is 1.49. The summed E-state index contributed by atoms with van der Waals surface area (Å²) in [5, 5.41) is 0. The molecule has 0 unspecified atom stereocenters. The molecule has 14 heavy (non-hydrogen) atoms. The quantitative estimate of drug-likeness (QED) is 0.795. The number of benzene rings is 1. The van der Waals surface area contributed by atoms with Crippen LogP contribution >= 0.6 is 0 Å². The van der Waals surface area contributed by atoms with Crippen molar-refractivity contribution in [3.05, 3.63) is 35.4 Å². The lowest BCUT2D eigenvalue weighted by Gasteiger charge is -2.15. The summed E-state index contributed by atoms with van der Waals surface area (Å²) in [6.07, 6.45) is 0.581. The van der Waals surface area contributed by atoms with Crippen LogP contribution in [0.2, 0.25) is 0 Å². The monoisotopic (exact) mass is 199 g/mol. The minimum atomic E-state index is -0.559. The predicted octanol–water partition coefficient (Wildman–Crippen LogP) is 3.01. The number of nitrogens with two attached hydrogens (primary N) is 1. The zero-order chi connectivity index (χ0) is 10.7. The van der Waals surface area contributed by atoms with E-state index in [4.69, 9.17) is 5.73 Å². The minimum absolute atomic E-state index is 0.00111. The highest BCUT2D eigenvalue weighted by molar-refractivity contribution is 5.22. The molecule has 0 amide bonds. The summed E-state index contributed by atoms with van der Waals surface area (Å²) in [5.74, 6) is -0.791. The Morgan fingerprint density at radius 2 is 1.71 bits per heavy atom. The first-order chi connectivity index (χ1) is 6.52. The maximum atomic E-state index is 13.2. The lowest BCUT2D eigenvalue weighted by Crippen LogP contribution is -2.16. The van der Waals surface area contributed by atoms with Gasteiger partial charge in [-0.3, -0.25) is 0 Å². The van der Waals surface area contributed by atoms with Crippen LogP contribution in [-0.4, -0.2) is 0 Å². The van der Waals surface area contributed by atoms with Crippen molar-refractivity contribution < 1.29 is 8.78 Å². The predicted molar refractivity (Wildman–Crippen MR) is 52.7 cm³/mol. The van der Waals surface area contributed by atoms with Crippen molar-refractivity contribution in [3.8, 4) is 0 Å². The molecular formula is C11H15F2N. The Bertz CT molecular complexity index is 290. The molecule has 0 heterocycles. The molecule has 0 spiro atoms. The third kappa shape index (κ3) is 2.51. The van der Waals surface area contributed by atoms with Gasteiger partial charge in [0.1, 0.15) is 11.6 Å². The molecule has 78 valence electrons. The topological polar surface area (TPSA) is 26.0 Å². The number of halogens is 2. The Labute approximate surface area is 82.9 Å². The van der Waals surface area contributed by atoms with Gasteiger partial charge in [-0.1, -0.05) is 19.9 Å². The van der Waals surface area contributed by atoms with E-state index in [1.54, 1.807) is 0 Å². The number of hydrogen-bond donors (Lipinski definition) is 1. The highest BCUT2D eigenvalue weighted by Crippen LogP contribution is 2.23. The Morgan fingerprint density at radius 1 is 1.21 bits per heavy atom. The van der Waals surface area contributed by atoms with E-state index in [1.807, 2.05) is 13.8 Å². The van der Waals surface area contributed by atoms with Crippen molar-refractivity contribution in [2.24, 2.45) is 11.7 Å². The molecule has 1 nitrogen and oxygen atoms in total. The summed E-state index contributed by atoms with van der Waals surface area (Å²) in [6, 6.07) is 3.25. The van der Waals surface area contributed by atoms with Gasteiger partial charge in [0.25, 0.3) is 0 Å². The van der Waals surface area contributed by atoms with Gasteiger partial charge in [-0.05, 0) is 24.5 Å². The zero-order valence-corrected chi connectivity index (χ0v) is 8.43. The standard InChI is InChI=1S/C11H15F2N/c1-7(2)6-10(14)11-8(12)4-3-5-9(11)13/h3-5,7,10H,6,14H2,1-2H3/t10-/m1/s1. The van der Waals surface area contributed by atoms with E-state index in [9.17, 15) is 8.78 Å². The van der Waals surface area contributed by atoms with Crippen molar-refractivity contribution in [2.75, 3.05) is 0 Å². The second kappa shape index (κ2) is 4.51. The van der Waals surface area contributed by atoms with Gasteiger partial charge in [-0.15, -0.1) is 0 Å². The van der Waals surface area contributed by atoms with Gasteiger partial charge < -0.3 is 5.73 Å². The van der Waals surface area contributed by atoms with Crippen molar-refractivity contribution in [3.63, 3.8) is 0 Å². The maximum Gasteiger partial charge on any atom is 0.130 e. The maximum absolute atomic E-state index is 13.2. The molecule has 0 saturated carbocycles. The Morgan fingerprint density at radius 3 is 2.14 bits per heavy atom. The molecule has 1 rings (SSSR count). The fourth-order valence-electron chi connectivity index (χ4n) is 1.49. The molecule has 0 fully saturated rings. The van der Waals surface area contributed by atoms with Crippen LogP contribution in [0.1, 0.15) is 31.9 Å². The SMILES string of the molecule is CC(C)C[C@@H](N)c1c(F)cccc1F. The number of rotatable bonds is 3. The molecule has 1 aromatic rings. The molecule has 0 aromatic heterocycles. The fraction of sp³-hybridized carbons (Fsp3) is 0.455. The smallest absolute Gasteiger partial charge is 0.130 e. The highest BCUT2D eigenvalue weighted by Gasteiger charge is 2.16. The molecular weight excluding hydrogens is 184 g/mol. The van der Waals surface area contributed by atoms with Gasteiger partial charge in [0.15, 0.2) is 0 Å². The average molecular weight is 199 g/mol. The van der Waals surface area contributed by atoms with Crippen LogP contribution in [0.4, 0.5) is 8.78 Å². The van der Waals surface area contributed by atoms with Crippen LogP contribution in [0, 0.1) is 17.6 Å². The molecule has 2 N–H and O–H groups in total. The van der Waals surface area contributed by atoms with Crippen LogP contribution in [0.3, 0.4) is 0 Å². The molecule has 0 saturated heterocycles. The molecule has 0 aliphatic carbocycles. The third-order valence-corrected chi connectivity index (χ3v) is 2.10. The van der Waals surface area contributed by atoms with E-state index >= 15 is 0 Å². The summed E-state index contributed by atoms with van der Waals surface area (Å²) < 4.78 is 26.5. The van der Waals surface area contributed by atoms with Crippen molar-refractivity contribution >= 4 is 0 Å². The van der Waals surface area contributed by atoms with Crippen LogP contribution in [0.25, 0.3) is 0 Å². The minimum Gasteiger partial charge on any atom is -0.324 e. The highest BCUT2D eigenvalue weighted by atomic mass is 19.1. The van der Waals surface area contributed by atoms with E-state index in [0.717, 1.165) is 0 Å². The molecule has 0 radical (unpaired) electrons. The van der Waals surface area contributed by atoms with Crippen molar-refractivity contribution in [1.29, 1.82) is 0 Å². The second-order valence-electron chi connectivity index (χ2n) is 3.87. The van der Waals surface area contributed by atoms with E-state index in [2.05, 4.69) is 0 Å². The molecule has 0 aliphatic heterocycles. The molecule has 1 aromatic carbocycles. The van der Waals surface area contributed by atoms with E-state index < -0.39 is 17.7 Å². The summed E-state index contributed by atoms with van der Waals surface area (Å²) in [4.78, 5) is 0. The Kier molecular flexibility index (Phi) is 3.58. The zero-order valence-electron chi connectivity index (χ0n) is 8.43. The first kappa shape index (κ1) is 11.1. The number of hydrogen-bond acceptors (Lipinski definition) is 1. The summed E-state index contributed by atoms with van der Waals surface area (Å²) >= 11 is 0. The van der Waals surface area contributed by atoms with Gasteiger partial charge in [-0.25, -0.2) is 8.78 Å². The van der Waals surface area contributed by atoms with Crippen LogP contribution < -0.4 is 5.73 Å². The molecule has 0 aliphatic rings. The normalized spacial score (nSPS) is 13.3. The first-order valence-corrected chi connectivity index (χ1v) is 4.72. The van der Waals surface area contributed by atoms with Crippen LogP contribution in [0.5, 0.6) is 0 Å². The largest absolute Gasteiger partial charge is 0.324 e. The molecule has 3 heteroatoms. The van der Waals surface area contributed by atoms with Gasteiger partial charge in [0.05, 0.1) is 0 Å². The summed E-state index contributed by atoms with van der Waals surface area (Å²) in [5.41, 5.74) is 5.72. The van der Waals surface area contributed by atoms with E-state index in [-0.39, 0.29) is 5.56 Å². The van der Waals surface area contributed by atoms with Crippen molar-refractivity contribution in [1.82, 2.24) is 0 Å². The van der Waals surface area contributed by atoms with Crippen molar-refractivity contribution in [2.45, 2.75) is 26.3 Å². The lowest BCUT2D eigenvalue weighted by atomic mass is 9.97. The van der Waals surface area contributed by atoms with Gasteiger partial charge >= 0.3 is 0 Å². The summed E-state index contributed by atoms with van der Waals surface area (Å²) in [6.45, 7) is 3.94. The van der Waals surface area contributed by atoms with E-state index in [1.165, 1.54) is 18.2 Å². The lowest BCUT2D eigenvalue weighted by molar-refractivity contribution is 0.463. The average Bonchev–Trinajstić information content (AvgIpc) is 2.01. The Hall–Kier alpha value is -0.960. The Balaban J connectivity index is 2.94. The molecule has 0 bridgehead atoms. The summed E-state index contributed by atoms with van der Waals surface area (Å²) in [7, 11) is 0. The van der Waals surface area contributed by atoms with Gasteiger partial charge in [-0.2, -0.15) is 0 Å². The van der Waals surface area contributed by atoms with Crippen LogP contribution in [-0.2, 0) is 0 Å². The van der Waals surface area contributed by atoms with Gasteiger partial charge in [0, 0.05) is 11.6 Å². The first-order valence-electron chi connectivity index (χ1n) is 4.72.